The van der Waals surface area contributed by atoms with Gasteiger partial charge in [-0.15, -0.1) is 11.3 Å². The number of anilines is 1. The molecule has 0 saturated carbocycles. The van der Waals surface area contributed by atoms with Crippen molar-refractivity contribution in [2.75, 3.05) is 31.1 Å². The quantitative estimate of drug-likeness (QED) is 0.481. The van der Waals surface area contributed by atoms with E-state index >= 15 is 0 Å². The molecule has 1 aliphatic heterocycles. The number of fused-ring (bicyclic) bond motifs is 1. The van der Waals surface area contributed by atoms with E-state index in [2.05, 4.69) is 16.0 Å². The Morgan fingerprint density at radius 1 is 1.00 bits per heavy atom. The lowest BCUT2D eigenvalue weighted by Crippen LogP contribution is -2.49. The van der Waals surface area contributed by atoms with E-state index in [1.807, 2.05) is 69.4 Å². The number of hydrogen-bond donors (Lipinski definition) is 0. The molecule has 1 amide bonds. The lowest BCUT2D eigenvalue weighted by atomic mass is 10.2. The van der Waals surface area contributed by atoms with Crippen LogP contribution in [0.15, 0.2) is 66.2 Å². The minimum atomic E-state index is 0.0546. The van der Waals surface area contributed by atoms with Crippen LogP contribution in [-0.2, 0) is 0 Å². The summed E-state index contributed by atoms with van der Waals surface area (Å²) in [5.74, 6) is 0.0546. The number of piperazine rings is 1. The molecule has 5 rings (SSSR count). The highest BCUT2D eigenvalue weighted by Crippen LogP contribution is 2.25. The smallest absolute Gasteiger partial charge is 0.271 e. The molecule has 0 aliphatic carbocycles. The summed E-state index contributed by atoms with van der Waals surface area (Å²) < 4.78 is 1.92. The molecule has 0 bridgehead atoms. The van der Waals surface area contributed by atoms with Gasteiger partial charge < -0.3 is 9.80 Å². The zero-order chi connectivity index (χ0) is 19.8. The second kappa shape index (κ2) is 7.54. The van der Waals surface area contributed by atoms with E-state index in [0.717, 1.165) is 40.0 Å². The Kier molecular flexibility index (Phi) is 4.73. The maximum Gasteiger partial charge on any atom is 0.271 e. The minimum absolute atomic E-state index is 0.0546. The van der Waals surface area contributed by atoms with Gasteiger partial charge in [0.2, 0.25) is 0 Å². The van der Waals surface area contributed by atoms with Gasteiger partial charge in [-0.1, -0.05) is 48.0 Å². The number of imidazole rings is 1. The number of aromatic nitrogens is 2. The molecule has 29 heavy (non-hydrogen) atoms. The molecule has 1 aliphatic rings. The molecule has 7 heteroatoms. The lowest BCUT2D eigenvalue weighted by molar-refractivity contribution is 0.0740. The van der Waals surface area contributed by atoms with E-state index in [-0.39, 0.29) is 5.91 Å². The van der Waals surface area contributed by atoms with Crippen LogP contribution in [0.3, 0.4) is 0 Å². The van der Waals surface area contributed by atoms with Crippen LogP contribution < -0.4 is 4.90 Å². The largest absolute Gasteiger partial charge is 0.368 e. The summed E-state index contributed by atoms with van der Waals surface area (Å²) in [5, 5.41) is 2.64. The Balaban J connectivity index is 1.33. The molecule has 3 heterocycles. The molecule has 4 aromatic rings. The monoisotopic (exact) mass is 422 g/mol. The van der Waals surface area contributed by atoms with Crippen molar-refractivity contribution in [2.24, 2.45) is 0 Å². The van der Waals surface area contributed by atoms with E-state index in [4.69, 9.17) is 11.6 Å². The third-order valence-corrected chi connectivity index (χ3v) is 6.31. The van der Waals surface area contributed by atoms with Crippen molar-refractivity contribution in [3.05, 3.63) is 76.9 Å². The van der Waals surface area contributed by atoms with E-state index in [1.54, 1.807) is 0 Å². The molecule has 0 atom stereocenters. The number of carbonyl (C=O) groups excluding carboxylic acids is 1. The molecule has 1 fully saturated rings. The zero-order valence-corrected chi connectivity index (χ0v) is 17.2. The van der Waals surface area contributed by atoms with Crippen molar-refractivity contribution < 1.29 is 4.79 Å². The van der Waals surface area contributed by atoms with Crippen LogP contribution in [0.1, 0.15) is 10.5 Å². The van der Waals surface area contributed by atoms with Gasteiger partial charge in [0.15, 0.2) is 4.96 Å². The standard InChI is InChI=1S/C22H19ClN4OS/c23-17-7-4-8-18(13-17)25-9-11-26(12-10-25)21(28)20-15-29-22-24-19(14-27(20)22)16-5-2-1-3-6-16/h1-8,13-15H,9-12H2. The fourth-order valence-corrected chi connectivity index (χ4v) is 4.72. The maximum absolute atomic E-state index is 13.2. The first-order valence-electron chi connectivity index (χ1n) is 9.51. The number of benzene rings is 2. The van der Waals surface area contributed by atoms with Gasteiger partial charge in [-0.25, -0.2) is 4.98 Å². The summed E-state index contributed by atoms with van der Waals surface area (Å²) in [6.45, 7) is 2.95. The first-order valence-corrected chi connectivity index (χ1v) is 10.8. The summed E-state index contributed by atoms with van der Waals surface area (Å²) >= 11 is 7.61. The number of rotatable bonds is 3. The third kappa shape index (κ3) is 3.50. The Hall–Kier alpha value is -2.83. The number of carbonyl (C=O) groups is 1. The number of hydrogen-bond acceptors (Lipinski definition) is 4. The van der Waals surface area contributed by atoms with Gasteiger partial charge >= 0.3 is 0 Å². The summed E-state index contributed by atoms with van der Waals surface area (Å²) in [5.41, 5.74) is 3.72. The van der Waals surface area contributed by atoms with E-state index < -0.39 is 0 Å². The van der Waals surface area contributed by atoms with Gasteiger partial charge in [-0.05, 0) is 18.2 Å². The highest BCUT2D eigenvalue weighted by molar-refractivity contribution is 7.15. The Morgan fingerprint density at radius 2 is 1.79 bits per heavy atom. The predicted octanol–water partition coefficient (Wildman–Crippen LogP) is 4.68. The van der Waals surface area contributed by atoms with Gasteiger partial charge in [0.05, 0.1) is 5.69 Å². The summed E-state index contributed by atoms with van der Waals surface area (Å²) in [7, 11) is 0. The lowest BCUT2D eigenvalue weighted by Gasteiger charge is -2.36. The van der Waals surface area contributed by atoms with Gasteiger partial charge in [0.25, 0.3) is 5.91 Å². The number of halogens is 1. The molecule has 0 unspecified atom stereocenters. The van der Waals surface area contributed by atoms with Crippen molar-refractivity contribution >= 4 is 39.5 Å². The number of thiazole rings is 1. The molecular formula is C22H19ClN4OS. The van der Waals surface area contributed by atoms with Crippen LogP contribution in [-0.4, -0.2) is 46.4 Å². The van der Waals surface area contributed by atoms with Crippen molar-refractivity contribution in [1.82, 2.24) is 14.3 Å². The van der Waals surface area contributed by atoms with E-state index in [0.29, 0.717) is 18.8 Å². The summed E-state index contributed by atoms with van der Waals surface area (Å²) in [6.07, 6.45) is 1.95. The number of nitrogens with zero attached hydrogens (tertiary/aromatic N) is 4. The summed E-state index contributed by atoms with van der Waals surface area (Å²) in [4.78, 5) is 22.9. The third-order valence-electron chi connectivity index (χ3n) is 5.24. The SMILES string of the molecule is O=C(c1csc2nc(-c3ccccc3)cn12)N1CCN(c2cccc(Cl)c2)CC1. The normalized spacial score (nSPS) is 14.5. The second-order valence-electron chi connectivity index (χ2n) is 7.02. The Bertz CT molecular complexity index is 1160. The van der Waals surface area contributed by atoms with E-state index in [1.165, 1.54) is 11.3 Å². The fraction of sp³-hybridized carbons (Fsp3) is 0.182. The van der Waals surface area contributed by atoms with Crippen molar-refractivity contribution in [2.45, 2.75) is 0 Å². The first-order chi connectivity index (χ1) is 14.2. The average molecular weight is 423 g/mol. The molecule has 0 N–H and O–H groups in total. The first kappa shape index (κ1) is 18.2. The van der Waals surface area contributed by atoms with Gasteiger partial charge in [0.1, 0.15) is 5.69 Å². The van der Waals surface area contributed by atoms with Crippen LogP contribution in [0.5, 0.6) is 0 Å². The van der Waals surface area contributed by atoms with Gasteiger partial charge in [0, 0.05) is 54.0 Å². The minimum Gasteiger partial charge on any atom is -0.368 e. The molecule has 2 aromatic heterocycles. The van der Waals surface area contributed by atoms with E-state index in [9.17, 15) is 4.79 Å². The van der Waals surface area contributed by atoms with Crippen molar-refractivity contribution in [3.63, 3.8) is 0 Å². The predicted molar refractivity (Wildman–Crippen MR) is 118 cm³/mol. The highest BCUT2D eigenvalue weighted by Gasteiger charge is 2.25. The average Bonchev–Trinajstić information content (AvgIpc) is 3.35. The molecular weight excluding hydrogens is 404 g/mol. The fourth-order valence-electron chi connectivity index (χ4n) is 3.69. The topological polar surface area (TPSA) is 40.9 Å². The molecule has 0 radical (unpaired) electrons. The molecule has 1 saturated heterocycles. The maximum atomic E-state index is 13.2. The Labute approximate surface area is 177 Å². The van der Waals surface area contributed by atoms with Crippen LogP contribution in [0.4, 0.5) is 5.69 Å². The van der Waals surface area contributed by atoms with Crippen LogP contribution in [0.2, 0.25) is 5.02 Å². The van der Waals surface area contributed by atoms with Crippen LogP contribution >= 0.6 is 22.9 Å². The van der Waals surface area contributed by atoms with Gasteiger partial charge in [-0.3, -0.25) is 9.20 Å². The molecule has 2 aromatic carbocycles. The van der Waals surface area contributed by atoms with Gasteiger partial charge in [-0.2, -0.15) is 0 Å². The number of amides is 1. The van der Waals surface area contributed by atoms with Crippen LogP contribution in [0, 0.1) is 0 Å². The van der Waals surface area contributed by atoms with Crippen molar-refractivity contribution in [1.29, 1.82) is 0 Å². The summed E-state index contributed by atoms with van der Waals surface area (Å²) in [6, 6.07) is 17.9. The molecule has 0 spiro atoms. The highest BCUT2D eigenvalue weighted by atomic mass is 35.5. The Morgan fingerprint density at radius 3 is 2.55 bits per heavy atom. The zero-order valence-electron chi connectivity index (χ0n) is 15.7. The second-order valence-corrected chi connectivity index (χ2v) is 8.30. The van der Waals surface area contributed by atoms with Crippen molar-refractivity contribution in [3.8, 4) is 11.3 Å². The van der Waals surface area contributed by atoms with Crippen LogP contribution in [0.25, 0.3) is 16.2 Å². The molecule has 5 nitrogen and oxygen atoms in total. The molecule has 146 valence electrons.